The van der Waals surface area contributed by atoms with Crippen LogP contribution in [0.1, 0.15) is 32.1 Å². The molecule has 1 aromatic heterocycles. The van der Waals surface area contributed by atoms with Gasteiger partial charge in [-0.15, -0.1) is 0 Å². The number of aryl methyl sites for hydroxylation is 1. The first-order valence-electron chi connectivity index (χ1n) is 9.13. The zero-order valence-electron chi connectivity index (χ0n) is 16.9. The lowest BCUT2D eigenvalue weighted by molar-refractivity contribution is 0.0473. The molecule has 0 aliphatic carbocycles. The van der Waals surface area contributed by atoms with Crippen molar-refractivity contribution in [3.63, 3.8) is 0 Å². The van der Waals surface area contributed by atoms with Crippen LogP contribution in [0.4, 0.5) is 0 Å². The topological polar surface area (TPSA) is 66.8 Å². The first-order valence-corrected chi connectivity index (χ1v) is 9.13. The van der Waals surface area contributed by atoms with E-state index in [0.29, 0.717) is 22.6 Å². The van der Waals surface area contributed by atoms with Crippen molar-refractivity contribution in [1.82, 2.24) is 4.57 Å². The molecular formula is C23H23NO5. The molecule has 150 valence electrons. The van der Waals surface area contributed by atoms with E-state index in [1.165, 1.54) is 14.2 Å². The van der Waals surface area contributed by atoms with Crippen LogP contribution in [0, 0.1) is 13.8 Å². The number of aromatic nitrogens is 1. The summed E-state index contributed by atoms with van der Waals surface area (Å²) in [6.07, 6.45) is 0. The van der Waals surface area contributed by atoms with Crippen LogP contribution in [0.25, 0.3) is 5.69 Å². The zero-order chi connectivity index (χ0) is 21.0. The molecule has 0 amide bonds. The van der Waals surface area contributed by atoms with Gasteiger partial charge in [0.1, 0.15) is 11.5 Å². The Morgan fingerprint density at radius 2 is 1.62 bits per heavy atom. The summed E-state index contributed by atoms with van der Waals surface area (Å²) >= 11 is 0. The Kier molecular flexibility index (Phi) is 6.02. The van der Waals surface area contributed by atoms with Crippen LogP contribution < -0.4 is 9.47 Å². The fourth-order valence-corrected chi connectivity index (χ4v) is 3.26. The van der Waals surface area contributed by atoms with E-state index in [2.05, 4.69) is 0 Å². The van der Waals surface area contributed by atoms with E-state index < -0.39 is 5.97 Å². The highest BCUT2D eigenvalue weighted by molar-refractivity contribution is 6.01. The number of carbonyl (C=O) groups is 2. The van der Waals surface area contributed by atoms with Crippen molar-refractivity contribution >= 4 is 11.8 Å². The van der Waals surface area contributed by atoms with E-state index in [0.717, 1.165) is 17.1 Å². The molecular weight excluding hydrogens is 370 g/mol. The van der Waals surface area contributed by atoms with E-state index in [9.17, 15) is 9.59 Å². The monoisotopic (exact) mass is 393 g/mol. The quantitative estimate of drug-likeness (QED) is 0.446. The molecule has 0 aliphatic heterocycles. The Morgan fingerprint density at radius 1 is 0.897 bits per heavy atom. The minimum Gasteiger partial charge on any atom is -0.497 e. The number of methoxy groups -OCH3 is 2. The first-order chi connectivity index (χ1) is 14.0. The van der Waals surface area contributed by atoms with Gasteiger partial charge in [-0.2, -0.15) is 0 Å². The van der Waals surface area contributed by atoms with Gasteiger partial charge in [0.15, 0.2) is 6.61 Å². The van der Waals surface area contributed by atoms with E-state index in [1.807, 2.05) is 48.7 Å². The molecule has 0 saturated carbocycles. The van der Waals surface area contributed by atoms with Crippen molar-refractivity contribution in [3.05, 3.63) is 77.1 Å². The average molecular weight is 393 g/mol. The second-order valence-corrected chi connectivity index (χ2v) is 6.52. The Hall–Kier alpha value is -3.54. The minimum atomic E-state index is -0.541. The van der Waals surface area contributed by atoms with Crippen molar-refractivity contribution < 1.29 is 23.8 Å². The smallest absolute Gasteiger partial charge is 0.340 e. The zero-order valence-corrected chi connectivity index (χ0v) is 16.9. The number of benzene rings is 2. The Balaban J connectivity index is 1.76. The Labute approximate surface area is 169 Å². The minimum absolute atomic E-state index is 0.329. The van der Waals surface area contributed by atoms with Crippen molar-refractivity contribution in [2.24, 2.45) is 0 Å². The van der Waals surface area contributed by atoms with Gasteiger partial charge in [-0.1, -0.05) is 18.2 Å². The standard InChI is InChI=1S/C23H23NO5/c1-15-12-20(16(2)24(15)17-8-6-5-7-9-17)23(26)29-14-21(25)19-11-10-18(27-3)13-22(19)28-4/h5-13H,14H2,1-4H3. The Morgan fingerprint density at radius 3 is 2.28 bits per heavy atom. The highest BCUT2D eigenvalue weighted by Crippen LogP contribution is 2.25. The molecule has 0 radical (unpaired) electrons. The summed E-state index contributed by atoms with van der Waals surface area (Å²) in [5.41, 5.74) is 3.38. The van der Waals surface area contributed by atoms with Gasteiger partial charge >= 0.3 is 5.97 Å². The number of carbonyl (C=O) groups excluding carboxylic acids is 2. The number of hydrogen-bond donors (Lipinski definition) is 0. The molecule has 2 aromatic carbocycles. The van der Waals surface area contributed by atoms with Crippen LogP contribution in [0.2, 0.25) is 0 Å². The van der Waals surface area contributed by atoms with Gasteiger partial charge in [-0.3, -0.25) is 4.79 Å². The number of nitrogens with zero attached hydrogens (tertiary/aromatic N) is 1. The Bertz CT molecular complexity index is 1040. The maximum atomic E-state index is 12.6. The van der Waals surface area contributed by atoms with Crippen LogP contribution in [-0.2, 0) is 4.74 Å². The molecule has 0 aliphatic rings. The van der Waals surface area contributed by atoms with Crippen molar-refractivity contribution in [3.8, 4) is 17.2 Å². The molecule has 0 fully saturated rings. The third-order valence-corrected chi connectivity index (χ3v) is 4.71. The van der Waals surface area contributed by atoms with Crippen LogP contribution in [0.15, 0.2) is 54.6 Å². The number of ketones is 1. The molecule has 3 aromatic rings. The lowest BCUT2D eigenvalue weighted by atomic mass is 10.1. The van der Waals surface area contributed by atoms with Gasteiger partial charge in [0.2, 0.25) is 5.78 Å². The fourth-order valence-electron chi connectivity index (χ4n) is 3.26. The third-order valence-electron chi connectivity index (χ3n) is 4.71. The van der Waals surface area contributed by atoms with Crippen LogP contribution >= 0.6 is 0 Å². The predicted molar refractivity (Wildman–Crippen MR) is 109 cm³/mol. The molecule has 1 heterocycles. The molecule has 6 heteroatoms. The lowest BCUT2D eigenvalue weighted by Crippen LogP contribution is -2.15. The van der Waals surface area contributed by atoms with Gasteiger partial charge in [-0.25, -0.2) is 4.79 Å². The maximum absolute atomic E-state index is 12.6. The largest absolute Gasteiger partial charge is 0.497 e. The molecule has 3 rings (SSSR count). The second-order valence-electron chi connectivity index (χ2n) is 6.52. The summed E-state index contributed by atoms with van der Waals surface area (Å²) in [4.78, 5) is 25.1. The first kappa shape index (κ1) is 20.2. The molecule has 0 spiro atoms. The number of ether oxygens (including phenoxy) is 3. The summed E-state index contributed by atoms with van der Waals surface area (Å²) in [6, 6.07) is 16.4. The summed E-state index contributed by atoms with van der Waals surface area (Å²) < 4.78 is 17.6. The average Bonchev–Trinajstić information content (AvgIpc) is 3.05. The molecule has 6 nitrogen and oxygen atoms in total. The predicted octanol–water partition coefficient (Wildman–Crippen LogP) is 4.15. The highest BCUT2D eigenvalue weighted by Gasteiger charge is 2.20. The summed E-state index contributed by atoms with van der Waals surface area (Å²) in [7, 11) is 3.00. The summed E-state index contributed by atoms with van der Waals surface area (Å²) in [6.45, 7) is 3.39. The fraction of sp³-hybridized carbons (Fsp3) is 0.217. The molecule has 0 atom stereocenters. The molecule has 0 unspecified atom stereocenters. The number of rotatable bonds is 7. The second kappa shape index (κ2) is 8.65. The van der Waals surface area contributed by atoms with E-state index in [1.54, 1.807) is 24.3 Å². The number of para-hydroxylation sites is 1. The maximum Gasteiger partial charge on any atom is 0.340 e. The number of Topliss-reactive ketones (excluding diaryl/α,β-unsaturated/α-hetero) is 1. The molecule has 0 N–H and O–H groups in total. The van der Waals surface area contributed by atoms with Gasteiger partial charge < -0.3 is 18.8 Å². The lowest BCUT2D eigenvalue weighted by Gasteiger charge is -2.11. The van der Waals surface area contributed by atoms with Crippen LogP contribution in [0.5, 0.6) is 11.5 Å². The van der Waals surface area contributed by atoms with Crippen molar-refractivity contribution in [1.29, 1.82) is 0 Å². The van der Waals surface area contributed by atoms with Crippen LogP contribution in [-0.4, -0.2) is 37.1 Å². The summed E-state index contributed by atoms with van der Waals surface area (Å²) in [5.74, 6) is 0.0484. The van der Waals surface area contributed by atoms with Crippen LogP contribution in [0.3, 0.4) is 0 Å². The van der Waals surface area contributed by atoms with Gasteiger partial charge in [-0.05, 0) is 44.2 Å². The van der Waals surface area contributed by atoms with E-state index in [-0.39, 0.29) is 12.4 Å². The van der Waals surface area contributed by atoms with Gasteiger partial charge in [0.05, 0.1) is 25.3 Å². The number of hydrogen-bond acceptors (Lipinski definition) is 5. The highest BCUT2D eigenvalue weighted by atomic mass is 16.5. The number of esters is 1. The van der Waals surface area contributed by atoms with Crippen molar-refractivity contribution in [2.45, 2.75) is 13.8 Å². The molecule has 29 heavy (non-hydrogen) atoms. The SMILES string of the molecule is COc1ccc(C(=O)COC(=O)c2cc(C)n(-c3ccccc3)c2C)c(OC)c1. The van der Waals surface area contributed by atoms with Gasteiger partial charge in [0, 0.05) is 23.1 Å². The third kappa shape index (κ3) is 4.16. The van der Waals surface area contributed by atoms with Crippen molar-refractivity contribution in [2.75, 3.05) is 20.8 Å². The van der Waals surface area contributed by atoms with Gasteiger partial charge in [0.25, 0.3) is 0 Å². The molecule has 0 saturated heterocycles. The summed E-state index contributed by atoms with van der Waals surface area (Å²) in [5, 5.41) is 0. The van der Waals surface area contributed by atoms with E-state index in [4.69, 9.17) is 14.2 Å². The molecule has 0 bridgehead atoms. The van der Waals surface area contributed by atoms with E-state index >= 15 is 0 Å². The normalized spacial score (nSPS) is 10.5.